The summed E-state index contributed by atoms with van der Waals surface area (Å²) in [4.78, 5) is 21.8. The van der Waals surface area contributed by atoms with Crippen LogP contribution >= 0.6 is 11.3 Å². The molecule has 41 heavy (non-hydrogen) atoms. The Morgan fingerprint density at radius 2 is 1.80 bits per heavy atom. The van der Waals surface area contributed by atoms with E-state index in [1.54, 1.807) is 11.3 Å². The lowest BCUT2D eigenvalue weighted by atomic mass is 9.87. The van der Waals surface area contributed by atoms with E-state index in [0.717, 1.165) is 76.0 Å². The molecule has 1 aromatic heterocycles. The molecule has 2 fully saturated rings. The predicted molar refractivity (Wildman–Crippen MR) is 169 cm³/mol. The molecule has 6 heteroatoms. The van der Waals surface area contributed by atoms with Crippen LogP contribution in [0.3, 0.4) is 0 Å². The number of fused-ring (bicyclic) bond motifs is 2. The summed E-state index contributed by atoms with van der Waals surface area (Å²) >= 11 is 1.55. The monoisotopic (exact) mass is 571 g/mol. The first kappa shape index (κ1) is 28.6. The third kappa shape index (κ3) is 6.46. The molecule has 2 atom stereocenters. The number of nitrogens with zero attached hydrogens (tertiary/aromatic N) is 3. The van der Waals surface area contributed by atoms with Crippen LogP contribution in [0.1, 0.15) is 59.6 Å². The molecule has 0 radical (unpaired) electrons. The van der Waals surface area contributed by atoms with Crippen LogP contribution in [-0.4, -0.2) is 61.6 Å². The molecule has 2 aromatic carbocycles. The third-order valence-corrected chi connectivity index (χ3v) is 10.3. The number of rotatable bonds is 10. The summed E-state index contributed by atoms with van der Waals surface area (Å²) < 4.78 is 5.61. The molecular weight excluding hydrogens is 526 g/mol. The summed E-state index contributed by atoms with van der Waals surface area (Å²) in [6, 6.07) is 19.9. The van der Waals surface area contributed by atoms with Gasteiger partial charge in [-0.2, -0.15) is 0 Å². The maximum atomic E-state index is 13.8. The van der Waals surface area contributed by atoms with Gasteiger partial charge in [0.2, 0.25) is 0 Å². The van der Waals surface area contributed by atoms with E-state index < -0.39 is 0 Å². The van der Waals surface area contributed by atoms with E-state index in [2.05, 4.69) is 77.9 Å². The van der Waals surface area contributed by atoms with Gasteiger partial charge in [0.1, 0.15) is 0 Å². The van der Waals surface area contributed by atoms with Gasteiger partial charge in [-0.3, -0.25) is 14.6 Å². The van der Waals surface area contributed by atoms with Crippen molar-refractivity contribution in [3.05, 3.63) is 87.1 Å². The second-order valence-electron chi connectivity index (χ2n) is 13.2. The van der Waals surface area contributed by atoms with Crippen molar-refractivity contribution in [2.45, 2.75) is 52.6 Å². The standard InChI is InChI=1S/C35H45N3O2S/c1-5-40-17-16-36-15-14-26-10-13-29(19-27(26)21-36)38(34(39)33-7-6-18-41-33)24-32-30-22-37(23-31(30)32)20-25-8-11-28(12-9-25)35(2,3)4/h6-13,18-19,30-32H,5,14-17,20-24H2,1-4H3. The average Bonchev–Trinajstić information content (AvgIpc) is 3.33. The molecule has 1 saturated carbocycles. The summed E-state index contributed by atoms with van der Waals surface area (Å²) in [7, 11) is 0. The number of hydrogen-bond donors (Lipinski definition) is 0. The first-order valence-corrected chi connectivity index (χ1v) is 16.3. The first-order chi connectivity index (χ1) is 19.8. The summed E-state index contributed by atoms with van der Waals surface area (Å²) in [6.45, 7) is 17.5. The number of hydrogen-bond acceptors (Lipinski definition) is 5. The molecule has 2 unspecified atom stereocenters. The molecule has 2 aliphatic heterocycles. The minimum absolute atomic E-state index is 0.143. The van der Waals surface area contributed by atoms with Crippen molar-refractivity contribution < 1.29 is 9.53 Å². The fourth-order valence-electron chi connectivity index (χ4n) is 6.85. The molecule has 1 aliphatic carbocycles. The Morgan fingerprint density at radius 3 is 2.49 bits per heavy atom. The van der Waals surface area contributed by atoms with Crippen LogP contribution in [0.5, 0.6) is 0 Å². The van der Waals surface area contributed by atoms with Gasteiger partial charge in [0, 0.05) is 58.1 Å². The summed E-state index contributed by atoms with van der Waals surface area (Å²) in [5.41, 5.74) is 6.80. The lowest BCUT2D eigenvalue weighted by Gasteiger charge is -2.31. The van der Waals surface area contributed by atoms with Crippen molar-refractivity contribution in [1.82, 2.24) is 9.80 Å². The van der Waals surface area contributed by atoms with Gasteiger partial charge in [-0.25, -0.2) is 0 Å². The molecule has 5 nitrogen and oxygen atoms in total. The molecule has 0 N–H and O–H groups in total. The molecule has 0 bridgehead atoms. The molecule has 1 amide bonds. The van der Waals surface area contributed by atoms with Gasteiger partial charge in [-0.15, -0.1) is 11.3 Å². The highest BCUT2D eigenvalue weighted by Gasteiger charge is 2.56. The second-order valence-corrected chi connectivity index (χ2v) is 14.1. The molecule has 0 spiro atoms. The van der Waals surface area contributed by atoms with E-state index in [1.165, 1.54) is 22.3 Å². The quantitative estimate of drug-likeness (QED) is 0.262. The van der Waals surface area contributed by atoms with E-state index in [-0.39, 0.29) is 11.3 Å². The highest BCUT2D eigenvalue weighted by molar-refractivity contribution is 7.12. The van der Waals surface area contributed by atoms with Crippen LogP contribution in [0.15, 0.2) is 60.0 Å². The van der Waals surface area contributed by atoms with E-state index >= 15 is 0 Å². The van der Waals surface area contributed by atoms with Gasteiger partial charge in [0.05, 0.1) is 11.5 Å². The summed E-state index contributed by atoms with van der Waals surface area (Å²) in [5.74, 6) is 2.10. The Labute approximate surface area is 250 Å². The predicted octanol–water partition coefficient (Wildman–Crippen LogP) is 6.47. The maximum absolute atomic E-state index is 13.8. The van der Waals surface area contributed by atoms with Crippen molar-refractivity contribution in [2.24, 2.45) is 17.8 Å². The number of carbonyl (C=O) groups excluding carboxylic acids is 1. The Bertz CT molecular complexity index is 1320. The molecule has 3 aromatic rings. The zero-order chi connectivity index (χ0) is 28.6. The van der Waals surface area contributed by atoms with Crippen LogP contribution in [0.4, 0.5) is 5.69 Å². The Morgan fingerprint density at radius 1 is 1.02 bits per heavy atom. The van der Waals surface area contributed by atoms with Crippen molar-refractivity contribution in [1.29, 1.82) is 0 Å². The second kappa shape index (κ2) is 12.0. The Balaban J connectivity index is 1.12. The van der Waals surface area contributed by atoms with E-state index in [0.29, 0.717) is 17.8 Å². The van der Waals surface area contributed by atoms with Crippen LogP contribution in [0.2, 0.25) is 0 Å². The van der Waals surface area contributed by atoms with Gasteiger partial charge in [0.25, 0.3) is 5.91 Å². The number of anilines is 1. The molecule has 3 aliphatic rings. The number of carbonyl (C=O) groups is 1. The van der Waals surface area contributed by atoms with Crippen molar-refractivity contribution in [3.8, 4) is 0 Å². The molecule has 6 rings (SSSR count). The molecular formula is C35H45N3O2S. The smallest absolute Gasteiger partial charge is 0.268 e. The normalized spacial score (nSPS) is 22.4. The minimum Gasteiger partial charge on any atom is -0.380 e. The van der Waals surface area contributed by atoms with Gasteiger partial charge in [-0.1, -0.05) is 57.2 Å². The minimum atomic E-state index is 0.143. The third-order valence-electron chi connectivity index (χ3n) is 9.39. The fraction of sp³-hybridized carbons (Fsp3) is 0.514. The van der Waals surface area contributed by atoms with Gasteiger partial charge in [-0.05, 0) is 82.3 Å². The van der Waals surface area contributed by atoms with E-state index in [9.17, 15) is 4.79 Å². The zero-order valence-electron chi connectivity index (χ0n) is 25.1. The van der Waals surface area contributed by atoms with Gasteiger partial charge < -0.3 is 9.64 Å². The molecule has 3 heterocycles. The molecule has 218 valence electrons. The average molecular weight is 572 g/mol. The van der Waals surface area contributed by atoms with Crippen molar-refractivity contribution in [3.63, 3.8) is 0 Å². The maximum Gasteiger partial charge on any atom is 0.268 e. The summed E-state index contributed by atoms with van der Waals surface area (Å²) in [5, 5.41) is 2.01. The van der Waals surface area contributed by atoms with Gasteiger partial charge >= 0.3 is 0 Å². The van der Waals surface area contributed by atoms with Crippen LogP contribution < -0.4 is 4.90 Å². The highest BCUT2D eigenvalue weighted by atomic mass is 32.1. The SMILES string of the molecule is CCOCCN1CCc2ccc(N(CC3C4CN(Cc5ccc(C(C)(C)C)cc5)CC43)C(=O)c3cccs3)cc2C1. The molecule has 1 saturated heterocycles. The number of thiophene rings is 1. The lowest BCUT2D eigenvalue weighted by Crippen LogP contribution is -2.36. The Hall–Kier alpha value is -2.51. The fourth-order valence-corrected chi connectivity index (χ4v) is 7.53. The van der Waals surface area contributed by atoms with Crippen LogP contribution in [-0.2, 0) is 29.7 Å². The number of benzene rings is 2. The van der Waals surface area contributed by atoms with Crippen LogP contribution in [0.25, 0.3) is 0 Å². The topological polar surface area (TPSA) is 36.0 Å². The van der Waals surface area contributed by atoms with Gasteiger partial charge in [0.15, 0.2) is 0 Å². The first-order valence-electron chi connectivity index (χ1n) is 15.4. The van der Waals surface area contributed by atoms with E-state index in [4.69, 9.17) is 4.74 Å². The highest BCUT2D eigenvalue weighted by Crippen LogP contribution is 2.52. The summed E-state index contributed by atoms with van der Waals surface area (Å²) in [6.07, 6.45) is 1.06. The zero-order valence-corrected chi connectivity index (χ0v) is 26.0. The van der Waals surface area contributed by atoms with Crippen LogP contribution in [0, 0.1) is 17.8 Å². The Kier molecular flexibility index (Phi) is 8.37. The number of likely N-dealkylation sites (tertiary alicyclic amines) is 1. The largest absolute Gasteiger partial charge is 0.380 e. The lowest BCUT2D eigenvalue weighted by molar-refractivity contribution is 0.0988. The number of piperidine rings is 1. The van der Waals surface area contributed by atoms with Crippen molar-refractivity contribution >= 4 is 22.9 Å². The number of ether oxygens (including phenoxy) is 1. The van der Waals surface area contributed by atoms with E-state index in [1.807, 2.05) is 24.4 Å². The van der Waals surface area contributed by atoms with Crippen molar-refractivity contribution in [2.75, 3.05) is 50.8 Å². The number of amides is 1.